The van der Waals surface area contributed by atoms with Crippen molar-refractivity contribution in [3.63, 3.8) is 0 Å². The first-order chi connectivity index (χ1) is 13.8. The molecule has 6 nitrogen and oxygen atoms in total. The van der Waals surface area contributed by atoms with E-state index in [4.69, 9.17) is 14.7 Å². The van der Waals surface area contributed by atoms with Crippen LogP contribution in [0.2, 0.25) is 0 Å². The zero-order valence-corrected chi connectivity index (χ0v) is 17.3. The lowest BCUT2D eigenvalue weighted by Gasteiger charge is -2.08. The third kappa shape index (κ3) is 3.88. The molecule has 0 aliphatic carbocycles. The molecule has 1 saturated heterocycles. The average molecular weight is 428 g/mol. The highest BCUT2D eigenvalue weighted by Crippen LogP contribution is 2.36. The van der Waals surface area contributed by atoms with Crippen LogP contribution in [-0.4, -0.2) is 39.4 Å². The lowest BCUT2D eigenvalue weighted by atomic mass is 10.2. The Morgan fingerprint density at radius 2 is 2.14 bits per heavy atom. The third-order valence-electron chi connectivity index (χ3n) is 4.44. The predicted octanol–water partition coefficient (Wildman–Crippen LogP) is 4.95. The Hall–Kier alpha value is -2.07. The van der Waals surface area contributed by atoms with Crippen molar-refractivity contribution in [1.82, 2.24) is 20.2 Å². The fourth-order valence-electron chi connectivity index (χ4n) is 3.06. The van der Waals surface area contributed by atoms with Gasteiger partial charge in [0.25, 0.3) is 0 Å². The zero-order valence-electron chi connectivity index (χ0n) is 14.9. The Kier molecular flexibility index (Phi) is 5.22. The highest BCUT2D eigenvalue weighted by molar-refractivity contribution is 8.01. The van der Waals surface area contributed by atoms with Gasteiger partial charge in [0, 0.05) is 29.5 Å². The molecule has 28 heavy (non-hydrogen) atoms. The van der Waals surface area contributed by atoms with Crippen molar-refractivity contribution in [2.45, 2.75) is 28.3 Å². The maximum Gasteiger partial charge on any atom is 0.206 e. The summed E-state index contributed by atoms with van der Waals surface area (Å²) >= 11 is 4.72. The zero-order chi connectivity index (χ0) is 18.8. The minimum Gasteiger partial charge on any atom is -0.376 e. The lowest BCUT2D eigenvalue weighted by molar-refractivity contribution is 0.120. The largest absolute Gasteiger partial charge is 0.376 e. The standard InChI is InChI=1S/C19H17N5OS3/c1-2-6-15-14(5-1)17(22-16(21-15)12-7-9-26-11-12)27-19-24-23-18(28-19)20-10-13-4-3-8-25-13/h1-2,5-7,9,11,13H,3-4,8,10H2,(H,20,23). The van der Waals surface area contributed by atoms with Gasteiger partial charge in [-0.3, -0.25) is 0 Å². The van der Waals surface area contributed by atoms with Gasteiger partial charge in [-0.25, -0.2) is 9.97 Å². The Balaban J connectivity index is 1.40. The third-order valence-corrected chi connectivity index (χ3v) is 7.06. The highest BCUT2D eigenvalue weighted by Gasteiger charge is 2.17. The first-order valence-electron chi connectivity index (χ1n) is 9.01. The van der Waals surface area contributed by atoms with Crippen molar-refractivity contribution in [2.75, 3.05) is 18.5 Å². The molecule has 1 aliphatic rings. The summed E-state index contributed by atoms with van der Waals surface area (Å²) in [5.41, 5.74) is 1.97. The quantitative estimate of drug-likeness (QED) is 0.436. The van der Waals surface area contributed by atoms with Crippen LogP contribution in [0, 0.1) is 0 Å². The van der Waals surface area contributed by atoms with Crippen molar-refractivity contribution >= 4 is 50.5 Å². The molecule has 5 rings (SSSR count). The molecule has 1 aliphatic heterocycles. The number of aromatic nitrogens is 4. The van der Waals surface area contributed by atoms with Crippen molar-refractivity contribution < 1.29 is 4.74 Å². The molecule has 142 valence electrons. The van der Waals surface area contributed by atoms with E-state index < -0.39 is 0 Å². The minimum atomic E-state index is 0.277. The molecule has 3 aromatic heterocycles. The van der Waals surface area contributed by atoms with Crippen LogP contribution < -0.4 is 5.32 Å². The van der Waals surface area contributed by atoms with Gasteiger partial charge in [0.05, 0.1) is 11.6 Å². The van der Waals surface area contributed by atoms with E-state index >= 15 is 0 Å². The molecule has 4 heterocycles. The molecule has 0 amide bonds. The molecule has 1 N–H and O–H groups in total. The number of rotatable bonds is 6. The van der Waals surface area contributed by atoms with E-state index in [1.54, 1.807) is 11.3 Å². The van der Waals surface area contributed by atoms with Crippen LogP contribution in [0.5, 0.6) is 0 Å². The molecule has 0 radical (unpaired) electrons. The van der Waals surface area contributed by atoms with Gasteiger partial charge in [-0.05, 0) is 42.1 Å². The van der Waals surface area contributed by atoms with Crippen LogP contribution in [0.1, 0.15) is 12.8 Å². The molecule has 0 spiro atoms. The molecule has 4 aromatic rings. The molecule has 1 fully saturated rings. The Morgan fingerprint density at radius 3 is 3.00 bits per heavy atom. The number of nitrogens with one attached hydrogen (secondary N) is 1. The molecule has 1 unspecified atom stereocenters. The Morgan fingerprint density at radius 1 is 1.18 bits per heavy atom. The fraction of sp³-hybridized carbons (Fsp3) is 0.263. The molecular weight excluding hydrogens is 410 g/mol. The summed E-state index contributed by atoms with van der Waals surface area (Å²) in [6.45, 7) is 1.63. The number of anilines is 1. The van der Waals surface area contributed by atoms with Gasteiger partial charge in [-0.15, -0.1) is 10.2 Å². The van der Waals surface area contributed by atoms with E-state index in [1.807, 2.05) is 35.7 Å². The number of hydrogen-bond acceptors (Lipinski definition) is 9. The summed E-state index contributed by atoms with van der Waals surface area (Å²) in [6.07, 6.45) is 2.52. The van der Waals surface area contributed by atoms with E-state index in [9.17, 15) is 0 Å². The summed E-state index contributed by atoms with van der Waals surface area (Å²) in [5, 5.41) is 18.8. The molecule has 1 aromatic carbocycles. The van der Waals surface area contributed by atoms with Crippen molar-refractivity contribution in [3.05, 3.63) is 41.1 Å². The summed E-state index contributed by atoms with van der Waals surface area (Å²) < 4.78 is 6.50. The topological polar surface area (TPSA) is 72.8 Å². The normalized spacial score (nSPS) is 16.6. The van der Waals surface area contributed by atoms with E-state index in [2.05, 4.69) is 20.9 Å². The monoisotopic (exact) mass is 427 g/mol. The van der Waals surface area contributed by atoms with Crippen LogP contribution in [0.15, 0.2) is 50.5 Å². The van der Waals surface area contributed by atoms with E-state index in [0.29, 0.717) is 0 Å². The van der Waals surface area contributed by atoms with Crippen molar-refractivity contribution in [2.24, 2.45) is 0 Å². The first-order valence-corrected chi connectivity index (χ1v) is 11.6. The Labute approximate surface area is 174 Å². The van der Waals surface area contributed by atoms with E-state index in [-0.39, 0.29) is 6.10 Å². The average Bonchev–Trinajstić information content (AvgIpc) is 3.48. The first kappa shape index (κ1) is 18.0. The molecule has 1 atom stereocenters. The summed E-state index contributed by atoms with van der Waals surface area (Å²) in [4.78, 5) is 9.54. The molecule has 9 heteroatoms. The van der Waals surface area contributed by atoms with E-state index in [1.165, 1.54) is 23.1 Å². The van der Waals surface area contributed by atoms with Crippen LogP contribution in [0.3, 0.4) is 0 Å². The maximum atomic E-state index is 5.65. The number of para-hydroxylation sites is 1. The maximum absolute atomic E-state index is 5.65. The molecule has 0 bridgehead atoms. The number of nitrogens with zero attached hydrogens (tertiary/aromatic N) is 4. The molecular formula is C19H17N5OS3. The SMILES string of the molecule is c1ccc2c(Sc3nnc(NCC4CCCO4)s3)nc(-c3ccsc3)nc2c1. The second kappa shape index (κ2) is 8.12. The van der Waals surface area contributed by atoms with Gasteiger partial charge in [0.1, 0.15) is 5.03 Å². The minimum absolute atomic E-state index is 0.277. The fourth-order valence-corrected chi connectivity index (χ4v) is 5.48. The highest BCUT2D eigenvalue weighted by atomic mass is 32.2. The van der Waals surface area contributed by atoms with Crippen molar-refractivity contribution in [3.8, 4) is 11.4 Å². The lowest BCUT2D eigenvalue weighted by Crippen LogP contribution is -2.18. The summed E-state index contributed by atoms with van der Waals surface area (Å²) in [6, 6.07) is 10.1. The summed E-state index contributed by atoms with van der Waals surface area (Å²) in [5.74, 6) is 0.740. The van der Waals surface area contributed by atoms with Crippen LogP contribution >= 0.6 is 34.4 Å². The van der Waals surface area contributed by atoms with Gasteiger partial charge in [-0.2, -0.15) is 11.3 Å². The number of hydrogen-bond donors (Lipinski definition) is 1. The van der Waals surface area contributed by atoms with Crippen molar-refractivity contribution in [1.29, 1.82) is 0 Å². The number of benzene rings is 1. The smallest absolute Gasteiger partial charge is 0.206 e. The second-order valence-corrected chi connectivity index (χ2v) is 9.37. The number of fused-ring (bicyclic) bond motifs is 1. The van der Waals surface area contributed by atoms with Gasteiger partial charge >= 0.3 is 0 Å². The van der Waals surface area contributed by atoms with Crippen LogP contribution in [0.4, 0.5) is 5.13 Å². The summed E-state index contributed by atoms with van der Waals surface area (Å²) in [7, 11) is 0. The second-order valence-electron chi connectivity index (χ2n) is 6.37. The van der Waals surface area contributed by atoms with E-state index in [0.717, 1.165) is 62.8 Å². The number of thiophene rings is 1. The number of ether oxygens (including phenoxy) is 1. The van der Waals surface area contributed by atoms with Gasteiger partial charge in [0.2, 0.25) is 5.13 Å². The predicted molar refractivity (Wildman–Crippen MR) is 114 cm³/mol. The molecule has 0 saturated carbocycles. The van der Waals surface area contributed by atoms with Gasteiger partial charge in [0.15, 0.2) is 10.2 Å². The van der Waals surface area contributed by atoms with Gasteiger partial charge < -0.3 is 10.1 Å². The van der Waals surface area contributed by atoms with Crippen LogP contribution in [0.25, 0.3) is 22.3 Å². The van der Waals surface area contributed by atoms with Crippen LogP contribution in [-0.2, 0) is 4.74 Å². The van der Waals surface area contributed by atoms with Gasteiger partial charge in [-0.1, -0.05) is 29.5 Å². The Bertz CT molecular complexity index is 1080.